The van der Waals surface area contributed by atoms with Crippen molar-refractivity contribution < 1.29 is 13.2 Å². The van der Waals surface area contributed by atoms with Gasteiger partial charge in [-0.1, -0.05) is 25.1 Å². The third-order valence-electron chi connectivity index (χ3n) is 4.27. The highest BCUT2D eigenvalue weighted by molar-refractivity contribution is 7.92. The van der Waals surface area contributed by atoms with Gasteiger partial charge >= 0.3 is 0 Å². The van der Waals surface area contributed by atoms with E-state index in [9.17, 15) is 13.2 Å². The van der Waals surface area contributed by atoms with Crippen molar-refractivity contribution in [1.82, 2.24) is 15.5 Å². The molecule has 0 saturated heterocycles. The predicted molar refractivity (Wildman–Crippen MR) is 117 cm³/mol. The van der Waals surface area contributed by atoms with Gasteiger partial charge in [0.25, 0.3) is 15.9 Å². The second kappa shape index (κ2) is 9.45. The smallest absolute Gasteiger partial charge is 0.261 e. The van der Waals surface area contributed by atoms with E-state index in [4.69, 9.17) is 0 Å². The van der Waals surface area contributed by atoms with Crippen molar-refractivity contribution in [3.63, 3.8) is 0 Å². The Morgan fingerprint density at radius 2 is 1.83 bits per heavy atom. The molecule has 0 bridgehead atoms. The molecule has 2 aromatic carbocycles. The Bertz CT molecular complexity index is 1110. The fourth-order valence-corrected chi connectivity index (χ4v) is 3.94. The maximum absolute atomic E-state index is 12.9. The number of para-hydroxylation sites is 1. The van der Waals surface area contributed by atoms with Crippen molar-refractivity contribution in [1.29, 1.82) is 0 Å². The van der Waals surface area contributed by atoms with Gasteiger partial charge in [0.05, 0.1) is 17.1 Å². The lowest BCUT2D eigenvalue weighted by molar-refractivity contribution is 0.0950. The summed E-state index contributed by atoms with van der Waals surface area (Å²) in [6.45, 7) is 4.77. The first kappa shape index (κ1) is 21.4. The molecule has 0 fully saturated rings. The molecule has 1 heterocycles. The van der Waals surface area contributed by atoms with Crippen LogP contribution in [0.25, 0.3) is 0 Å². The first-order valence-electron chi connectivity index (χ1n) is 9.63. The summed E-state index contributed by atoms with van der Waals surface area (Å²) in [5, 5.41) is 12.8. The Balaban J connectivity index is 1.86. The summed E-state index contributed by atoms with van der Waals surface area (Å²) in [4.78, 5) is 12.7. The summed E-state index contributed by atoms with van der Waals surface area (Å²) in [5.74, 6) is -0.382. The zero-order chi connectivity index (χ0) is 21.6. The second-order valence-corrected chi connectivity index (χ2v) is 8.55. The second-order valence-electron chi connectivity index (χ2n) is 6.87. The van der Waals surface area contributed by atoms with E-state index in [1.54, 1.807) is 36.4 Å². The van der Waals surface area contributed by atoms with Gasteiger partial charge in [0.1, 0.15) is 0 Å². The minimum absolute atomic E-state index is 0.00761. The van der Waals surface area contributed by atoms with Crippen LogP contribution in [0.4, 0.5) is 11.4 Å². The number of benzene rings is 2. The summed E-state index contributed by atoms with van der Waals surface area (Å²) >= 11 is 0. The molecule has 1 amide bonds. The van der Waals surface area contributed by atoms with Crippen LogP contribution in [-0.4, -0.2) is 31.1 Å². The van der Waals surface area contributed by atoms with Crippen molar-refractivity contribution in [3.05, 3.63) is 71.5 Å². The molecular weight excluding hydrogens is 402 g/mol. The minimum Gasteiger partial charge on any atom is -0.385 e. The quantitative estimate of drug-likeness (QED) is 0.418. The summed E-state index contributed by atoms with van der Waals surface area (Å²) < 4.78 is 28.3. The van der Waals surface area contributed by atoms with E-state index in [1.165, 1.54) is 12.1 Å². The largest absolute Gasteiger partial charge is 0.385 e. The molecule has 0 saturated carbocycles. The van der Waals surface area contributed by atoms with E-state index in [2.05, 4.69) is 25.6 Å². The van der Waals surface area contributed by atoms with Gasteiger partial charge in [0.15, 0.2) is 0 Å². The van der Waals surface area contributed by atoms with Gasteiger partial charge in [-0.05, 0) is 49.7 Å². The van der Waals surface area contributed by atoms with E-state index in [0.29, 0.717) is 23.6 Å². The van der Waals surface area contributed by atoms with Gasteiger partial charge in [-0.2, -0.15) is 5.10 Å². The molecule has 158 valence electrons. The van der Waals surface area contributed by atoms with Crippen LogP contribution in [-0.2, 0) is 16.6 Å². The van der Waals surface area contributed by atoms with Crippen molar-refractivity contribution in [2.24, 2.45) is 0 Å². The highest BCUT2D eigenvalue weighted by atomic mass is 32.2. The molecule has 30 heavy (non-hydrogen) atoms. The van der Waals surface area contributed by atoms with Gasteiger partial charge in [-0.15, -0.1) is 0 Å². The standard InChI is InChI=1S/C21H25N5O3S/c1-3-9-22-18-11-16(21(27)23-14-19-10-15(2)24-25-19)12-20(13-18)30(28,29)26-17-7-5-4-6-8-17/h4-8,10-13,22,26H,3,9,14H2,1-2H3,(H,23,27)(H,24,25). The number of aromatic amines is 1. The average Bonchev–Trinajstić information content (AvgIpc) is 3.16. The maximum atomic E-state index is 12.9. The van der Waals surface area contributed by atoms with E-state index >= 15 is 0 Å². The number of hydrogen-bond acceptors (Lipinski definition) is 5. The molecule has 9 heteroatoms. The number of nitrogens with one attached hydrogen (secondary N) is 4. The van der Waals surface area contributed by atoms with Crippen LogP contribution in [0.15, 0.2) is 59.5 Å². The molecular formula is C21H25N5O3S. The topological polar surface area (TPSA) is 116 Å². The number of carbonyl (C=O) groups is 1. The van der Waals surface area contributed by atoms with Crippen molar-refractivity contribution in [2.75, 3.05) is 16.6 Å². The van der Waals surface area contributed by atoms with Gasteiger partial charge in [-0.3, -0.25) is 14.6 Å². The maximum Gasteiger partial charge on any atom is 0.261 e. The minimum atomic E-state index is -3.87. The zero-order valence-corrected chi connectivity index (χ0v) is 17.7. The first-order valence-corrected chi connectivity index (χ1v) is 11.1. The van der Waals surface area contributed by atoms with Crippen LogP contribution in [0.5, 0.6) is 0 Å². The van der Waals surface area contributed by atoms with Crippen LogP contribution >= 0.6 is 0 Å². The summed E-state index contributed by atoms with van der Waals surface area (Å²) in [6, 6.07) is 15.0. The van der Waals surface area contributed by atoms with Crippen molar-refractivity contribution >= 4 is 27.3 Å². The number of anilines is 2. The number of aryl methyl sites for hydroxylation is 1. The van der Waals surface area contributed by atoms with E-state index in [0.717, 1.165) is 12.1 Å². The lowest BCUT2D eigenvalue weighted by Crippen LogP contribution is -2.24. The van der Waals surface area contributed by atoms with Crippen LogP contribution in [0.2, 0.25) is 0 Å². The van der Waals surface area contributed by atoms with Crippen LogP contribution in [0.1, 0.15) is 35.1 Å². The fraction of sp³-hybridized carbons (Fsp3) is 0.238. The molecule has 4 N–H and O–H groups in total. The van der Waals surface area contributed by atoms with Crippen LogP contribution < -0.4 is 15.4 Å². The van der Waals surface area contributed by atoms with E-state index in [-0.39, 0.29) is 22.9 Å². The summed E-state index contributed by atoms with van der Waals surface area (Å²) in [7, 11) is -3.87. The highest BCUT2D eigenvalue weighted by Crippen LogP contribution is 2.22. The number of nitrogens with zero attached hydrogens (tertiary/aromatic N) is 1. The van der Waals surface area contributed by atoms with Gasteiger partial charge in [0, 0.05) is 29.2 Å². The normalized spacial score (nSPS) is 11.1. The molecule has 0 spiro atoms. The van der Waals surface area contributed by atoms with Gasteiger partial charge < -0.3 is 10.6 Å². The molecule has 3 rings (SSSR count). The Hall–Kier alpha value is -3.33. The number of hydrogen-bond donors (Lipinski definition) is 4. The number of rotatable bonds is 9. The molecule has 0 unspecified atom stereocenters. The van der Waals surface area contributed by atoms with Crippen LogP contribution in [0, 0.1) is 6.92 Å². The van der Waals surface area contributed by atoms with Crippen LogP contribution in [0.3, 0.4) is 0 Å². The molecule has 3 aromatic rings. The first-order chi connectivity index (χ1) is 14.4. The van der Waals surface area contributed by atoms with Gasteiger partial charge in [-0.25, -0.2) is 8.42 Å². The third-order valence-corrected chi connectivity index (χ3v) is 5.63. The molecule has 0 aliphatic rings. The lowest BCUT2D eigenvalue weighted by Gasteiger charge is -2.13. The van der Waals surface area contributed by atoms with E-state index in [1.807, 2.05) is 19.9 Å². The Morgan fingerprint density at radius 3 is 2.50 bits per heavy atom. The highest BCUT2D eigenvalue weighted by Gasteiger charge is 2.19. The number of H-pyrrole nitrogens is 1. The summed E-state index contributed by atoms with van der Waals surface area (Å²) in [6.07, 6.45) is 0.860. The number of aromatic nitrogens is 2. The predicted octanol–water partition coefficient (Wildman–Crippen LogP) is 3.27. The molecule has 0 aliphatic heterocycles. The fourth-order valence-electron chi connectivity index (χ4n) is 2.81. The zero-order valence-electron chi connectivity index (χ0n) is 16.9. The van der Waals surface area contributed by atoms with Crippen molar-refractivity contribution in [2.45, 2.75) is 31.7 Å². The Kier molecular flexibility index (Phi) is 6.73. The molecule has 1 aromatic heterocycles. The monoisotopic (exact) mass is 427 g/mol. The molecule has 0 aliphatic carbocycles. The Morgan fingerprint density at radius 1 is 1.07 bits per heavy atom. The number of sulfonamides is 1. The average molecular weight is 428 g/mol. The molecule has 8 nitrogen and oxygen atoms in total. The molecule has 0 radical (unpaired) electrons. The lowest BCUT2D eigenvalue weighted by atomic mass is 10.2. The molecule has 0 atom stereocenters. The summed E-state index contributed by atoms with van der Waals surface area (Å²) in [5.41, 5.74) is 2.85. The van der Waals surface area contributed by atoms with Gasteiger partial charge in [0.2, 0.25) is 0 Å². The Labute approximate surface area is 176 Å². The number of carbonyl (C=O) groups excluding carboxylic acids is 1. The van der Waals surface area contributed by atoms with E-state index < -0.39 is 10.0 Å². The van der Waals surface area contributed by atoms with Crippen molar-refractivity contribution in [3.8, 4) is 0 Å². The SMILES string of the molecule is CCCNc1cc(C(=O)NCc2cc(C)[nH]n2)cc(S(=O)(=O)Nc2ccccc2)c1. The third kappa shape index (κ3) is 5.60. The number of amides is 1.